The van der Waals surface area contributed by atoms with Crippen molar-refractivity contribution in [3.8, 4) is 0 Å². The first-order chi connectivity index (χ1) is 9.18. The minimum Gasteiger partial charge on any atom is -0.344 e. The Hall–Kier alpha value is -0.810. The molecule has 0 aromatic carbocycles. The molecule has 0 bridgehead atoms. The van der Waals surface area contributed by atoms with Crippen molar-refractivity contribution in [3.05, 3.63) is 0 Å². The van der Waals surface area contributed by atoms with Gasteiger partial charge in [-0.25, -0.2) is 0 Å². The quantitative estimate of drug-likeness (QED) is 0.815. The maximum atomic E-state index is 12.2. The van der Waals surface area contributed by atoms with Crippen LogP contribution in [0, 0.1) is 5.92 Å². The number of amides is 2. The summed E-state index contributed by atoms with van der Waals surface area (Å²) in [5.41, 5.74) is 0. The molecule has 2 aliphatic heterocycles. The normalized spacial score (nSPS) is 21.8. The molecule has 6 heteroatoms. The molecule has 116 valence electrons. The van der Waals surface area contributed by atoms with E-state index in [1.807, 2.05) is 4.90 Å². The van der Waals surface area contributed by atoms with E-state index in [-0.39, 0.29) is 36.2 Å². The van der Waals surface area contributed by atoms with Crippen LogP contribution in [0.3, 0.4) is 0 Å². The summed E-state index contributed by atoms with van der Waals surface area (Å²) in [5.74, 6) is 0.180. The largest absolute Gasteiger partial charge is 0.344 e. The monoisotopic (exact) mass is 303 g/mol. The number of carbonyl (C=O) groups excluding carboxylic acids is 2. The van der Waals surface area contributed by atoms with Gasteiger partial charge in [0.2, 0.25) is 11.8 Å². The van der Waals surface area contributed by atoms with Crippen LogP contribution in [-0.2, 0) is 9.59 Å². The Balaban J connectivity index is 0.00000200. The predicted octanol–water partition coefficient (Wildman–Crippen LogP) is 0.925. The van der Waals surface area contributed by atoms with Gasteiger partial charge in [-0.15, -0.1) is 12.4 Å². The van der Waals surface area contributed by atoms with E-state index >= 15 is 0 Å². The van der Waals surface area contributed by atoms with Gasteiger partial charge in [-0.1, -0.05) is 0 Å². The molecule has 1 atom stereocenters. The van der Waals surface area contributed by atoms with Crippen LogP contribution in [0.1, 0.15) is 39.0 Å². The Bertz CT molecular complexity index is 326. The summed E-state index contributed by atoms with van der Waals surface area (Å²) >= 11 is 0. The molecule has 1 unspecified atom stereocenters. The third-order valence-corrected chi connectivity index (χ3v) is 4.11. The summed E-state index contributed by atoms with van der Waals surface area (Å²) in [6.45, 7) is 5.27. The molecule has 20 heavy (non-hydrogen) atoms. The molecule has 2 aliphatic rings. The first-order valence-corrected chi connectivity index (χ1v) is 7.48. The molecule has 0 saturated carbocycles. The number of halogens is 1. The van der Waals surface area contributed by atoms with Crippen molar-refractivity contribution in [1.29, 1.82) is 0 Å². The summed E-state index contributed by atoms with van der Waals surface area (Å²) < 4.78 is 0. The Morgan fingerprint density at radius 2 is 1.75 bits per heavy atom. The predicted molar refractivity (Wildman–Crippen MR) is 80.9 cm³/mol. The summed E-state index contributed by atoms with van der Waals surface area (Å²) in [5, 5.41) is 6.13. The van der Waals surface area contributed by atoms with E-state index in [0.717, 1.165) is 51.9 Å². The van der Waals surface area contributed by atoms with Crippen LogP contribution in [0.25, 0.3) is 0 Å². The molecule has 5 nitrogen and oxygen atoms in total. The van der Waals surface area contributed by atoms with Crippen molar-refractivity contribution >= 4 is 24.2 Å². The number of nitrogens with one attached hydrogen (secondary N) is 2. The highest BCUT2D eigenvalue weighted by atomic mass is 35.5. The molecular weight excluding hydrogens is 278 g/mol. The lowest BCUT2D eigenvalue weighted by molar-refractivity contribution is -0.137. The average Bonchev–Trinajstić information content (AvgIpc) is 2.48. The second-order valence-corrected chi connectivity index (χ2v) is 5.64. The van der Waals surface area contributed by atoms with Crippen molar-refractivity contribution in [1.82, 2.24) is 15.5 Å². The fourth-order valence-electron chi connectivity index (χ4n) is 2.87. The van der Waals surface area contributed by atoms with Gasteiger partial charge >= 0.3 is 0 Å². The van der Waals surface area contributed by atoms with E-state index in [1.54, 1.807) is 6.92 Å². The average molecular weight is 304 g/mol. The number of rotatable bonds is 3. The van der Waals surface area contributed by atoms with Crippen LogP contribution < -0.4 is 10.6 Å². The van der Waals surface area contributed by atoms with Gasteiger partial charge in [-0.3, -0.25) is 9.59 Å². The Morgan fingerprint density at radius 3 is 2.35 bits per heavy atom. The van der Waals surface area contributed by atoms with Crippen LogP contribution >= 0.6 is 12.4 Å². The van der Waals surface area contributed by atoms with E-state index in [2.05, 4.69) is 10.6 Å². The molecule has 0 spiro atoms. The second-order valence-electron chi connectivity index (χ2n) is 5.64. The minimum absolute atomic E-state index is 0. The summed E-state index contributed by atoms with van der Waals surface area (Å²) in [6, 6.07) is -0.388. The number of nitrogens with zero attached hydrogens (tertiary/aromatic N) is 1. The standard InChI is InChI=1S/C14H25N3O2.ClH/c1-11(14(19)17-9-3-2-4-10-17)16-13(18)12-5-7-15-8-6-12;/h11-12,15H,2-10H2,1H3,(H,16,18);1H. The lowest BCUT2D eigenvalue weighted by atomic mass is 9.97. The third kappa shape index (κ3) is 4.63. The van der Waals surface area contributed by atoms with Gasteiger partial charge in [0.25, 0.3) is 0 Å². The smallest absolute Gasteiger partial charge is 0.244 e. The third-order valence-electron chi connectivity index (χ3n) is 4.11. The van der Waals surface area contributed by atoms with Gasteiger partial charge in [0.05, 0.1) is 0 Å². The van der Waals surface area contributed by atoms with Crippen molar-refractivity contribution < 1.29 is 9.59 Å². The van der Waals surface area contributed by atoms with Gasteiger partial charge in [-0.2, -0.15) is 0 Å². The summed E-state index contributed by atoms with van der Waals surface area (Å²) in [4.78, 5) is 26.2. The maximum Gasteiger partial charge on any atom is 0.244 e. The first-order valence-electron chi connectivity index (χ1n) is 7.48. The molecule has 2 rings (SSSR count). The molecule has 0 aromatic rings. The first kappa shape index (κ1) is 17.2. The van der Waals surface area contributed by atoms with Crippen LogP contribution in [0.4, 0.5) is 0 Å². The minimum atomic E-state index is -0.388. The van der Waals surface area contributed by atoms with Crippen LogP contribution in [-0.4, -0.2) is 48.9 Å². The van der Waals surface area contributed by atoms with Gasteiger partial charge < -0.3 is 15.5 Å². The zero-order valence-corrected chi connectivity index (χ0v) is 13.0. The van der Waals surface area contributed by atoms with Gasteiger partial charge in [0, 0.05) is 19.0 Å². The molecule has 0 radical (unpaired) electrons. The fraction of sp³-hybridized carbons (Fsp3) is 0.857. The van der Waals surface area contributed by atoms with Gasteiger partial charge in [0.1, 0.15) is 6.04 Å². The molecule has 2 saturated heterocycles. The fourth-order valence-corrected chi connectivity index (χ4v) is 2.87. The molecule has 2 N–H and O–H groups in total. The lowest BCUT2D eigenvalue weighted by Crippen LogP contribution is -2.50. The number of hydrogen-bond donors (Lipinski definition) is 2. The van der Waals surface area contributed by atoms with Gasteiger partial charge in [0.15, 0.2) is 0 Å². The summed E-state index contributed by atoms with van der Waals surface area (Å²) in [7, 11) is 0. The van der Waals surface area contributed by atoms with Crippen molar-refractivity contribution in [2.24, 2.45) is 5.92 Å². The zero-order valence-electron chi connectivity index (χ0n) is 12.2. The molecule has 0 aliphatic carbocycles. The van der Waals surface area contributed by atoms with Crippen LogP contribution in [0.15, 0.2) is 0 Å². The van der Waals surface area contributed by atoms with E-state index in [1.165, 1.54) is 6.42 Å². The Morgan fingerprint density at radius 1 is 1.15 bits per heavy atom. The van der Waals surface area contributed by atoms with Crippen LogP contribution in [0.2, 0.25) is 0 Å². The number of piperidine rings is 2. The topological polar surface area (TPSA) is 61.4 Å². The van der Waals surface area contributed by atoms with E-state index < -0.39 is 0 Å². The molecular formula is C14H26ClN3O2. The molecule has 2 amide bonds. The number of likely N-dealkylation sites (tertiary alicyclic amines) is 1. The van der Waals surface area contributed by atoms with E-state index in [9.17, 15) is 9.59 Å². The summed E-state index contributed by atoms with van der Waals surface area (Å²) in [6.07, 6.45) is 5.12. The molecule has 2 fully saturated rings. The van der Waals surface area contributed by atoms with E-state index in [0.29, 0.717) is 0 Å². The molecule has 0 aromatic heterocycles. The maximum absolute atomic E-state index is 12.2. The highest BCUT2D eigenvalue weighted by molar-refractivity contribution is 5.88. The van der Waals surface area contributed by atoms with Crippen molar-refractivity contribution in [2.75, 3.05) is 26.2 Å². The number of hydrogen-bond acceptors (Lipinski definition) is 3. The van der Waals surface area contributed by atoms with Crippen molar-refractivity contribution in [2.45, 2.75) is 45.1 Å². The van der Waals surface area contributed by atoms with Crippen LogP contribution in [0.5, 0.6) is 0 Å². The number of carbonyl (C=O) groups is 2. The molecule has 2 heterocycles. The highest BCUT2D eigenvalue weighted by Crippen LogP contribution is 2.13. The van der Waals surface area contributed by atoms with Gasteiger partial charge in [-0.05, 0) is 52.1 Å². The zero-order chi connectivity index (χ0) is 13.7. The second kappa shape index (κ2) is 8.47. The Labute approximate surface area is 127 Å². The lowest BCUT2D eigenvalue weighted by Gasteiger charge is -2.30. The SMILES string of the molecule is CC(NC(=O)C1CCNCC1)C(=O)N1CCCCC1.Cl. The highest BCUT2D eigenvalue weighted by Gasteiger charge is 2.27. The van der Waals surface area contributed by atoms with E-state index in [4.69, 9.17) is 0 Å². The van der Waals surface area contributed by atoms with Crippen molar-refractivity contribution in [3.63, 3.8) is 0 Å². The Kier molecular flexibility index (Phi) is 7.30.